The molecular formula is C32H32Cl2F3N5O2S. The first-order chi connectivity index (χ1) is 21.3. The Morgan fingerprint density at radius 2 is 1.69 bits per heavy atom. The lowest BCUT2D eigenvalue weighted by molar-refractivity contribution is -0.140. The Morgan fingerprint density at radius 1 is 1.04 bits per heavy atom. The van der Waals surface area contributed by atoms with Gasteiger partial charge in [-0.3, -0.25) is 13.6 Å². The van der Waals surface area contributed by atoms with Crippen LogP contribution in [0.25, 0.3) is 22.2 Å². The van der Waals surface area contributed by atoms with Gasteiger partial charge in [-0.05, 0) is 109 Å². The van der Waals surface area contributed by atoms with E-state index in [2.05, 4.69) is 33.1 Å². The van der Waals surface area contributed by atoms with Crippen LogP contribution in [0.3, 0.4) is 0 Å². The Bertz CT molecular complexity index is 1900. The topological polar surface area (TPSA) is 80.1 Å². The van der Waals surface area contributed by atoms with Crippen molar-refractivity contribution in [2.75, 3.05) is 25.5 Å². The average molecular weight is 679 g/mol. The Morgan fingerprint density at radius 3 is 2.29 bits per heavy atom. The van der Waals surface area contributed by atoms with Crippen molar-refractivity contribution in [1.29, 1.82) is 0 Å². The summed E-state index contributed by atoms with van der Waals surface area (Å²) in [6, 6.07) is 12.0. The molecule has 2 aliphatic rings. The predicted molar refractivity (Wildman–Crippen MR) is 176 cm³/mol. The number of aromatic nitrogens is 3. The zero-order valence-corrected chi connectivity index (χ0v) is 26.9. The van der Waals surface area contributed by atoms with Crippen LogP contribution in [0.15, 0.2) is 58.4 Å². The van der Waals surface area contributed by atoms with Gasteiger partial charge in [-0.1, -0.05) is 35.3 Å². The van der Waals surface area contributed by atoms with Gasteiger partial charge in [0, 0.05) is 33.0 Å². The summed E-state index contributed by atoms with van der Waals surface area (Å²) in [6.45, 7) is 0.605. The third-order valence-electron chi connectivity index (χ3n) is 8.48. The second-order valence-electron chi connectivity index (χ2n) is 12.0. The van der Waals surface area contributed by atoms with Crippen LogP contribution in [0.2, 0.25) is 10.0 Å². The predicted octanol–water partition coefficient (Wildman–Crippen LogP) is 7.19. The van der Waals surface area contributed by atoms with E-state index in [4.69, 9.17) is 23.2 Å². The summed E-state index contributed by atoms with van der Waals surface area (Å²) in [7, 11) is -0.523. The zero-order valence-electron chi connectivity index (χ0n) is 24.5. The number of alkyl halides is 3. The molecule has 45 heavy (non-hydrogen) atoms. The molecule has 2 aromatic carbocycles. The molecule has 0 bridgehead atoms. The van der Waals surface area contributed by atoms with Crippen LogP contribution in [-0.4, -0.2) is 61.1 Å². The molecule has 1 aliphatic heterocycles. The number of piperidine rings is 1. The first-order valence-electron chi connectivity index (χ1n) is 14.7. The quantitative estimate of drug-likeness (QED) is 0.199. The van der Waals surface area contributed by atoms with Gasteiger partial charge < -0.3 is 10.2 Å². The van der Waals surface area contributed by atoms with Gasteiger partial charge in [-0.15, -0.1) is 0 Å². The smallest absolute Gasteiger partial charge is 0.324 e. The van der Waals surface area contributed by atoms with Crippen molar-refractivity contribution in [3.05, 3.63) is 74.6 Å². The van der Waals surface area contributed by atoms with Crippen molar-refractivity contribution in [3.63, 3.8) is 0 Å². The second kappa shape index (κ2) is 12.2. The minimum absolute atomic E-state index is 0.0111. The van der Waals surface area contributed by atoms with Crippen molar-refractivity contribution in [2.24, 2.45) is 5.92 Å². The Balaban J connectivity index is 1.33. The largest absolute Gasteiger partial charge is 0.406 e. The van der Waals surface area contributed by atoms with Crippen molar-refractivity contribution in [3.8, 4) is 11.1 Å². The van der Waals surface area contributed by atoms with Crippen LogP contribution >= 0.6 is 23.2 Å². The maximum absolute atomic E-state index is 13.8. The number of likely N-dealkylation sites (tertiary alicyclic amines) is 1. The summed E-state index contributed by atoms with van der Waals surface area (Å²) in [5, 5.41) is 3.12. The highest BCUT2D eigenvalue weighted by Crippen LogP contribution is 2.40. The van der Waals surface area contributed by atoms with Gasteiger partial charge in [0.15, 0.2) is 0 Å². The number of anilines is 2. The molecule has 1 saturated heterocycles. The van der Waals surface area contributed by atoms with Gasteiger partial charge in [0.05, 0.1) is 15.6 Å². The fourth-order valence-corrected chi connectivity index (χ4v) is 8.56. The Hall–Kier alpha value is -3.12. The maximum atomic E-state index is 13.8. The maximum Gasteiger partial charge on any atom is 0.406 e. The van der Waals surface area contributed by atoms with Crippen LogP contribution in [0.1, 0.15) is 31.2 Å². The fourth-order valence-electron chi connectivity index (χ4n) is 5.82. The van der Waals surface area contributed by atoms with Gasteiger partial charge in [-0.2, -0.15) is 18.2 Å². The van der Waals surface area contributed by atoms with Crippen molar-refractivity contribution in [1.82, 2.24) is 19.4 Å². The van der Waals surface area contributed by atoms with E-state index in [0.29, 0.717) is 21.1 Å². The molecule has 6 rings (SSSR count). The molecule has 7 nitrogen and oxygen atoms in total. The molecule has 3 heterocycles. The van der Waals surface area contributed by atoms with Crippen molar-refractivity contribution < 1.29 is 17.4 Å². The Kier molecular flexibility index (Phi) is 8.66. The van der Waals surface area contributed by atoms with E-state index in [9.17, 15) is 22.2 Å². The van der Waals surface area contributed by atoms with Gasteiger partial charge in [0.25, 0.3) is 5.56 Å². The lowest BCUT2D eigenvalue weighted by Gasteiger charge is -2.28. The second-order valence-corrected chi connectivity index (χ2v) is 15.4. The average Bonchev–Trinajstić information content (AvgIpc) is 3.83. The number of rotatable bonds is 8. The number of halogens is 5. The summed E-state index contributed by atoms with van der Waals surface area (Å²) in [5.41, 5.74) is 0.581. The minimum atomic E-state index is -4.72. The van der Waals surface area contributed by atoms with Crippen LogP contribution in [0.4, 0.5) is 24.8 Å². The SMILES string of the molecule is C=S(=O)(c1cc(Cl)c(-c2cc3cnc(Nc4ccc(CC5CCN(C)CC5)cc4)nc3n(CC(F)(F)F)c2=O)c(Cl)c1)C1CC1. The number of pyridine rings is 1. The summed E-state index contributed by atoms with van der Waals surface area (Å²) < 4.78 is 55.0. The van der Waals surface area contributed by atoms with E-state index >= 15 is 0 Å². The third kappa shape index (κ3) is 7.01. The van der Waals surface area contributed by atoms with E-state index in [0.717, 1.165) is 45.2 Å². The lowest BCUT2D eigenvalue weighted by Crippen LogP contribution is -2.30. The number of hydrogen-bond donors (Lipinski definition) is 1. The van der Waals surface area contributed by atoms with E-state index in [1.807, 2.05) is 24.3 Å². The molecule has 0 spiro atoms. The van der Waals surface area contributed by atoms with Crippen LogP contribution in [-0.2, 0) is 22.5 Å². The number of benzene rings is 2. The van der Waals surface area contributed by atoms with Gasteiger partial charge in [-0.25, -0.2) is 4.98 Å². The first kappa shape index (κ1) is 31.8. The lowest BCUT2D eigenvalue weighted by atomic mass is 9.90. The highest BCUT2D eigenvalue weighted by Gasteiger charge is 2.34. The number of fused-ring (bicyclic) bond motifs is 1. The van der Waals surface area contributed by atoms with Gasteiger partial charge in [0.1, 0.15) is 12.2 Å². The molecule has 1 atom stereocenters. The molecule has 0 radical (unpaired) electrons. The normalized spacial score (nSPS) is 17.8. The molecule has 0 amide bonds. The number of nitrogens with zero attached hydrogens (tertiary/aromatic N) is 4. The molecule has 2 fully saturated rings. The summed E-state index contributed by atoms with van der Waals surface area (Å²) in [6.07, 6.45) is 1.47. The fraction of sp³-hybridized carbons (Fsp3) is 0.375. The molecule has 1 aliphatic carbocycles. The summed E-state index contributed by atoms with van der Waals surface area (Å²) in [5.74, 6) is 4.54. The van der Waals surface area contributed by atoms with E-state index < -0.39 is 27.8 Å². The van der Waals surface area contributed by atoms with Crippen molar-refractivity contribution in [2.45, 2.75) is 55.0 Å². The minimum Gasteiger partial charge on any atom is -0.324 e. The monoisotopic (exact) mass is 677 g/mol. The van der Waals surface area contributed by atoms with Crippen molar-refractivity contribution >= 4 is 61.3 Å². The van der Waals surface area contributed by atoms with Gasteiger partial charge >= 0.3 is 6.18 Å². The molecule has 2 aromatic heterocycles. The molecule has 1 unspecified atom stereocenters. The van der Waals surface area contributed by atoms with Crippen LogP contribution in [0.5, 0.6) is 0 Å². The molecule has 4 aromatic rings. The van der Waals surface area contributed by atoms with Gasteiger partial charge in [0.2, 0.25) is 5.95 Å². The van der Waals surface area contributed by atoms with E-state index in [1.165, 1.54) is 30.0 Å². The standard InChI is InChI=1S/C32H32Cl2F3N5O2S/c1-41-11-9-20(10-12-41)13-19-3-5-22(6-4-19)39-31-38-17-21-14-25(30(43)42(29(21)40-31)18-32(35,36)37)28-26(33)15-24(16-27(28)34)45(2,44)23-7-8-23/h3-6,14-17,20,23H,2,7-13,18H2,1H3,(H,38,39,40). The molecule has 238 valence electrons. The number of nitrogens with one attached hydrogen (secondary N) is 1. The Labute approximate surface area is 269 Å². The van der Waals surface area contributed by atoms with Crippen LogP contribution < -0.4 is 10.9 Å². The molecule has 1 N–H and O–H groups in total. The molecule has 1 saturated carbocycles. The van der Waals surface area contributed by atoms with E-state index in [1.54, 1.807) is 0 Å². The first-order valence-corrected chi connectivity index (χ1v) is 17.2. The third-order valence-corrected chi connectivity index (χ3v) is 11.7. The summed E-state index contributed by atoms with van der Waals surface area (Å²) >= 11 is 13.1. The highest BCUT2D eigenvalue weighted by molar-refractivity contribution is 8.01. The van der Waals surface area contributed by atoms with E-state index in [-0.39, 0.29) is 43.4 Å². The molecule has 13 heteroatoms. The zero-order chi connectivity index (χ0) is 32.1. The van der Waals surface area contributed by atoms with Crippen LogP contribution in [0, 0.1) is 5.92 Å². The summed E-state index contributed by atoms with van der Waals surface area (Å²) in [4.78, 5) is 24.9. The molecular weight excluding hydrogens is 646 g/mol. The highest BCUT2D eigenvalue weighted by atomic mass is 35.5. The number of hydrogen-bond acceptors (Lipinski definition) is 6.